The van der Waals surface area contributed by atoms with Crippen molar-refractivity contribution < 1.29 is 9.53 Å². The van der Waals surface area contributed by atoms with Crippen molar-refractivity contribution in [1.29, 1.82) is 0 Å². The van der Waals surface area contributed by atoms with Crippen molar-refractivity contribution in [2.24, 2.45) is 5.41 Å². The first-order chi connectivity index (χ1) is 8.66. The van der Waals surface area contributed by atoms with E-state index < -0.39 is 0 Å². The maximum Gasteiger partial charge on any atom is 0.313 e. The molecule has 0 amide bonds. The first-order valence-electron chi connectivity index (χ1n) is 6.20. The van der Waals surface area contributed by atoms with E-state index in [0.29, 0.717) is 6.54 Å². The second-order valence-electron chi connectivity index (χ2n) is 4.86. The molecule has 4 heteroatoms. The second-order valence-corrected chi connectivity index (χ2v) is 5.77. The maximum absolute atomic E-state index is 11.7. The number of benzene rings is 1. The highest BCUT2D eigenvalue weighted by atomic mass is 79.9. The smallest absolute Gasteiger partial charge is 0.313 e. The van der Waals surface area contributed by atoms with Gasteiger partial charge in [-0.1, -0.05) is 34.5 Å². The van der Waals surface area contributed by atoms with Crippen molar-refractivity contribution in [3.63, 3.8) is 0 Å². The lowest BCUT2D eigenvalue weighted by molar-refractivity contribution is -0.158. The Morgan fingerprint density at radius 1 is 1.50 bits per heavy atom. The van der Waals surface area contributed by atoms with Crippen molar-refractivity contribution in [1.82, 2.24) is 5.32 Å². The van der Waals surface area contributed by atoms with E-state index in [1.54, 1.807) is 0 Å². The summed E-state index contributed by atoms with van der Waals surface area (Å²) in [7, 11) is 1.47. The zero-order valence-electron chi connectivity index (χ0n) is 10.5. The summed E-state index contributed by atoms with van der Waals surface area (Å²) in [5, 5.41) is 3.37. The summed E-state index contributed by atoms with van der Waals surface area (Å²) in [5.41, 5.74) is 0.935. The first kappa shape index (κ1) is 13.6. The number of hydrogen-bond acceptors (Lipinski definition) is 3. The quantitative estimate of drug-likeness (QED) is 0.850. The lowest BCUT2D eigenvalue weighted by atomic mass is 9.68. The Bertz CT molecular complexity index is 430. The summed E-state index contributed by atoms with van der Waals surface area (Å²) in [5.74, 6) is -0.0736. The summed E-state index contributed by atoms with van der Waals surface area (Å²) in [4.78, 5) is 11.7. The van der Waals surface area contributed by atoms with Gasteiger partial charge in [-0.3, -0.25) is 4.79 Å². The van der Waals surface area contributed by atoms with Crippen molar-refractivity contribution >= 4 is 21.9 Å². The molecule has 0 aromatic heterocycles. The van der Waals surface area contributed by atoms with E-state index in [2.05, 4.69) is 33.4 Å². The molecule has 1 aliphatic rings. The van der Waals surface area contributed by atoms with E-state index in [1.807, 2.05) is 12.1 Å². The monoisotopic (exact) mass is 311 g/mol. The number of rotatable bonds is 5. The van der Waals surface area contributed by atoms with Crippen LogP contribution in [0.3, 0.4) is 0 Å². The molecule has 3 nitrogen and oxygen atoms in total. The van der Waals surface area contributed by atoms with Crippen LogP contribution in [0.25, 0.3) is 0 Å². The van der Waals surface area contributed by atoms with Crippen LogP contribution in [0.15, 0.2) is 28.7 Å². The van der Waals surface area contributed by atoms with Crippen LogP contribution in [0.2, 0.25) is 0 Å². The van der Waals surface area contributed by atoms with Gasteiger partial charge in [-0.05, 0) is 30.5 Å². The molecule has 1 aromatic rings. The predicted octanol–water partition coefficient (Wildman–Crippen LogP) is 2.88. The lowest BCUT2D eigenvalue weighted by Gasteiger charge is -2.39. The van der Waals surface area contributed by atoms with Crippen LogP contribution < -0.4 is 5.32 Å². The molecule has 98 valence electrons. The molecule has 0 heterocycles. The predicted molar refractivity (Wildman–Crippen MR) is 74.1 cm³/mol. The largest absolute Gasteiger partial charge is 0.469 e. The zero-order chi connectivity index (χ0) is 13.0. The SMILES string of the molecule is COC(=O)C1(CNCc2cccc(Br)c2)CCC1. The van der Waals surface area contributed by atoms with Crippen LogP contribution in [0.1, 0.15) is 24.8 Å². The highest BCUT2D eigenvalue weighted by Gasteiger charge is 2.44. The molecule has 1 aromatic carbocycles. The minimum absolute atomic E-state index is 0.0736. The summed E-state index contributed by atoms with van der Waals surface area (Å²) < 4.78 is 5.97. The molecule has 0 spiro atoms. The molecular formula is C14H18BrNO2. The average molecular weight is 312 g/mol. The van der Waals surface area contributed by atoms with Crippen LogP contribution >= 0.6 is 15.9 Å². The van der Waals surface area contributed by atoms with Gasteiger partial charge in [0.15, 0.2) is 0 Å². The Kier molecular flexibility index (Phi) is 4.40. The van der Waals surface area contributed by atoms with Gasteiger partial charge in [0.05, 0.1) is 12.5 Å². The topological polar surface area (TPSA) is 38.3 Å². The van der Waals surface area contributed by atoms with E-state index in [1.165, 1.54) is 12.7 Å². The van der Waals surface area contributed by atoms with E-state index in [9.17, 15) is 4.79 Å². The Morgan fingerprint density at radius 2 is 2.28 bits per heavy atom. The molecule has 2 rings (SSSR count). The van der Waals surface area contributed by atoms with Gasteiger partial charge in [-0.2, -0.15) is 0 Å². The van der Waals surface area contributed by atoms with Crippen LogP contribution in [0.4, 0.5) is 0 Å². The highest BCUT2D eigenvalue weighted by Crippen LogP contribution is 2.41. The van der Waals surface area contributed by atoms with Gasteiger partial charge in [0.25, 0.3) is 0 Å². The Balaban J connectivity index is 1.86. The fourth-order valence-electron chi connectivity index (χ4n) is 2.37. The number of ether oxygens (including phenoxy) is 1. The lowest BCUT2D eigenvalue weighted by Crippen LogP contribution is -2.46. The third kappa shape index (κ3) is 2.93. The van der Waals surface area contributed by atoms with Crippen LogP contribution in [0, 0.1) is 5.41 Å². The molecule has 0 atom stereocenters. The standard InChI is InChI=1S/C14H18BrNO2/c1-18-13(17)14(6-3-7-14)10-16-9-11-4-2-5-12(15)8-11/h2,4-5,8,16H,3,6-7,9-10H2,1H3. The van der Waals surface area contributed by atoms with E-state index >= 15 is 0 Å². The minimum Gasteiger partial charge on any atom is -0.469 e. The molecular weight excluding hydrogens is 294 g/mol. The van der Waals surface area contributed by atoms with Gasteiger partial charge in [0.1, 0.15) is 0 Å². The third-order valence-corrected chi connectivity index (χ3v) is 4.10. The summed E-state index contributed by atoms with van der Waals surface area (Å²) in [6, 6.07) is 8.17. The molecule has 0 aliphatic heterocycles. The minimum atomic E-state index is -0.277. The molecule has 1 aliphatic carbocycles. The summed E-state index contributed by atoms with van der Waals surface area (Å²) in [6.07, 6.45) is 2.99. The molecule has 1 saturated carbocycles. The van der Waals surface area contributed by atoms with Gasteiger partial charge in [0, 0.05) is 17.6 Å². The van der Waals surface area contributed by atoms with E-state index in [4.69, 9.17) is 4.74 Å². The molecule has 0 saturated heterocycles. The normalized spacial score (nSPS) is 17.0. The van der Waals surface area contributed by atoms with Crippen molar-refractivity contribution in [3.8, 4) is 0 Å². The third-order valence-electron chi connectivity index (χ3n) is 3.61. The van der Waals surface area contributed by atoms with Crippen LogP contribution in [-0.2, 0) is 16.1 Å². The Hall–Kier alpha value is -0.870. The number of hydrogen-bond donors (Lipinski definition) is 1. The number of nitrogens with one attached hydrogen (secondary N) is 1. The van der Waals surface area contributed by atoms with Gasteiger partial charge in [-0.25, -0.2) is 0 Å². The molecule has 0 bridgehead atoms. The molecule has 1 N–H and O–H groups in total. The van der Waals surface area contributed by atoms with Gasteiger partial charge in [0.2, 0.25) is 0 Å². The van der Waals surface area contributed by atoms with Crippen LogP contribution in [-0.4, -0.2) is 19.6 Å². The number of methoxy groups -OCH3 is 1. The fraction of sp³-hybridized carbons (Fsp3) is 0.500. The average Bonchev–Trinajstić information content (AvgIpc) is 2.32. The highest BCUT2D eigenvalue weighted by molar-refractivity contribution is 9.10. The van der Waals surface area contributed by atoms with Crippen molar-refractivity contribution in [3.05, 3.63) is 34.3 Å². The Morgan fingerprint density at radius 3 is 2.83 bits per heavy atom. The van der Waals surface area contributed by atoms with Gasteiger partial charge in [-0.15, -0.1) is 0 Å². The maximum atomic E-state index is 11.7. The summed E-state index contributed by atoms with van der Waals surface area (Å²) in [6.45, 7) is 1.48. The fourth-order valence-corrected chi connectivity index (χ4v) is 2.81. The first-order valence-corrected chi connectivity index (χ1v) is 6.99. The summed E-state index contributed by atoms with van der Waals surface area (Å²) >= 11 is 3.45. The zero-order valence-corrected chi connectivity index (χ0v) is 12.1. The molecule has 18 heavy (non-hydrogen) atoms. The van der Waals surface area contributed by atoms with Crippen molar-refractivity contribution in [2.45, 2.75) is 25.8 Å². The van der Waals surface area contributed by atoms with Crippen molar-refractivity contribution in [2.75, 3.05) is 13.7 Å². The second kappa shape index (κ2) is 5.85. The number of esters is 1. The van der Waals surface area contributed by atoms with Gasteiger partial charge >= 0.3 is 5.97 Å². The van der Waals surface area contributed by atoms with Crippen LogP contribution in [0.5, 0.6) is 0 Å². The number of halogens is 1. The Labute approximate surface area is 116 Å². The molecule has 0 radical (unpaired) electrons. The molecule has 0 unspecified atom stereocenters. The molecule has 1 fully saturated rings. The number of carbonyl (C=O) groups excluding carboxylic acids is 1. The van der Waals surface area contributed by atoms with Gasteiger partial charge < -0.3 is 10.1 Å². The number of carbonyl (C=O) groups is 1. The van der Waals surface area contributed by atoms with E-state index in [-0.39, 0.29) is 11.4 Å². The van der Waals surface area contributed by atoms with E-state index in [0.717, 1.165) is 30.3 Å².